The molecule has 0 aromatic heterocycles. The summed E-state index contributed by atoms with van der Waals surface area (Å²) in [6.07, 6.45) is 3.18. The van der Waals surface area contributed by atoms with Crippen LogP contribution in [0.4, 0.5) is 17.1 Å². The molecule has 1 aliphatic heterocycles. The lowest BCUT2D eigenvalue weighted by molar-refractivity contribution is -0.116. The van der Waals surface area contributed by atoms with E-state index in [1.165, 1.54) is 0 Å². The summed E-state index contributed by atoms with van der Waals surface area (Å²) < 4.78 is 0. The Kier molecular flexibility index (Phi) is 8.12. The van der Waals surface area contributed by atoms with Crippen molar-refractivity contribution in [3.8, 4) is 0 Å². The fourth-order valence-corrected chi connectivity index (χ4v) is 4.02. The Morgan fingerprint density at radius 3 is 2.06 bits per heavy atom. The first-order chi connectivity index (χ1) is 17.1. The van der Waals surface area contributed by atoms with Gasteiger partial charge >= 0.3 is 0 Å². The van der Waals surface area contributed by atoms with Crippen molar-refractivity contribution in [2.45, 2.75) is 25.7 Å². The highest BCUT2D eigenvalue weighted by atomic mass is 16.2. The van der Waals surface area contributed by atoms with Crippen LogP contribution in [0.25, 0.3) is 0 Å². The van der Waals surface area contributed by atoms with Gasteiger partial charge in [0.05, 0.1) is 6.54 Å². The van der Waals surface area contributed by atoms with Gasteiger partial charge in [-0.3, -0.25) is 14.4 Å². The summed E-state index contributed by atoms with van der Waals surface area (Å²) >= 11 is 0. The molecule has 0 spiro atoms. The summed E-state index contributed by atoms with van der Waals surface area (Å²) in [5.41, 5.74) is 3.78. The molecule has 1 fully saturated rings. The van der Waals surface area contributed by atoms with Crippen LogP contribution in [0, 0.1) is 0 Å². The fourth-order valence-electron chi connectivity index (χ4n) is 4.02. The first-order valence-electron chi connectivity index (χ1n) is 11.9. The SMILES string of the molecule is O=C(CCc1ccccc1)Nc1ccc(NC(=O)CNc2cccc(C(=O)N3CCCC3)c2)cc1. The molecule has 1 aliphatic rings. The molecule has 1 heterocycles. The zero-order valence-electron chi connectivity index (χ0n) is 19.6. The van der Waals surface area contributed by atoms with Crippen LogP contribution in [0.3, 0.4) is 0 Å². The third kappa shape index (κ3) is 7.17. The minimum absolute atomic E-state index is 0.0304. The van der Waals surface area contributed by atoms with E-state index in [1.807, 2.05) is 47.4 Å². The van der Waals surface area contributed by atoms with Gasteiger partial charge in [0.1, 0.15) is 0 Å². The number of amides is 3. The van der Waals surface area contributed by atoms with Gasteiger partial charge < -0.3 is 20.9 Å². The average molecular weight is 471 g/mol. The Morgan fingerprint density at radius 2 is 1.37 bits per heavy atom. The molecule has 4 rings (SSSR count). The van der Waals surface area contributed by atoms with Crippen molar-refractivity contribution < 1.29 is 14.4 Å². The molecule has 3 aromatic carbocycles. The monoisotopic (exact) mass is 470 g/mol. The number of hydrogen-bond donors (Lipinski definition) is 3. The lowest BCUT2D eigenvalue weighted by Gasteiger charge is -2.16. The number of carbonyl (C=O) groups is 3. The summed E-state index contributed by atoms with van der Waals surface area (Å²) in [5, 5.41) is 8.79. The highest BCUT2D eigenvalue weighted by Gasteiger charge is 2.19. The third-order valence-electron chi connectivity index (χ3n) is 5.89. The molecular formula is C28H30N4O3. The smallest absolute Gasteiger partial charge is 0.253 e. The second kappa shape index (κ2) is 11.8. The van der Waals surface area contributed by atoms with Gasteiger partial charge in [0.2, 0.25) is 11.8 Å². The Balaban J connectivity index is 1.22. The number of anilines is 3. The number of rotatable bonds is 9. The number of benzene rings is 3. The second-order valence-electron chi connectivity index (χ2n) is 8.59. The minimum Gasteiger partial charge on any atom is -0.376 e. The number of hydrogen-bond acceptors (Lipinski definition) is 4. The molecule has 7 heteroatoms. The predicted molar refractivity (Wildman–Crippen MR) is 139 cm³/mol. The van der Waals surface area contributed by atoms with Crippen molar-refractivity contribution in [2.24, 2.45) is 0 Å². The van der Waals surface area contributed by atoms with E-state index in [-0.39, 0.29) is 24.3 Å². The van der Waals surface area contributed by atoms with Crippen LogP contribution < -0.4 is 16.0 Å². The van der Waals surface area contributed by atoms with Crippen molar-refractivity contribution >= 4 is 34.8 Å². The van der Waals surface area contributed by atoms with Crippen molar-refractivity contribution in [1.29, 1.82) is 0 Å². The van der Waals surface area contributed by atoms with Gasteiger partial charge in [-0.2, -0.15) is 0 Å². The number of nitrogens with one attached hydrogen (secondary N) is 3. The topological polar surface area (TPSA) is 90.5 Å². The van der Waals surface area contributed by atoms with E-state index in [0.717, 1.165) is 37.2 Å². The third-order valence-corrected chi connectivity index (χ3v) is 5.89. The molecule has 3 aromatic rings. The van der Waals surface area contributed by atoms with E-state index in [9.17, 15) is 14.4 Å². The first-order valence-corrected chi connectivity index (χ1v) is 11.9. The number of nitrogens with zero attached hydrogens (tertiary/aromatic N) is 1. The van der Waals surface area contributed by atoms with Gasteiger partial charge in [-0.1, -0.05) is 36.4 Å². The highest BCUT2D eigenvalue weighted by Crippen LogP contribution is 2.17. The van der Waals surface area contributed by atoms with Crippen LogP contribution >= 0.6 is 0 Å². The number of carbonyl (C=O) groups excluding carboxylic acids is 3. The van der Waals surface area contributed by atoms with Crippen LogP contribution in [0.1, 0.15) is 35.2 Å². The van der Waals surface area contributed by atoms with Crippen LogP contribution in [-0.2, 0) is 16.0 Å². The summed E-state index contributed by atoms with van der Waals surface area (Å²) in [5.74, 6) is -0.232. The summed E-state index contributed by atoms with van der Waals surface area (Å²) in [4.78, 5) is 39.0. The number of likely N-dealkylation sites (tertiary alicyclic amines) is 1. The Labute approximate surface area is 205 Å². The molecule has 0 saturated carbocycles. The average Bonchev–Trinajstić information content (AvgIpc) is 3.43. The fraction of sp³-hybridized carbons (Fsp3) is 0.250. The summed E-state index contributed by atoms with van der Waals surface area (Å²) in [6.45, 7) is 1.67. The molecule has 0 bridgehead atoms. The molecule has 0 atom stereocenters. The quantitative estimate of drug-likeness (QED) is 0.428. The molecule has 0 radical (unpaired) electrons. The van der Waals surface area contributed by atoms with Gasteiger partial charge in [-0.25, -0.2) is 0 Å². The molecule has 0 unspecified atom stereocenters. The molecule has 7 nitrogen and oxygen atoms in total. The van der Waals surface area contributed by atoms with Crippen molar-refractivity contribution in [2.75, 3.05) is 35.6 Å². The van der Waals surface area contributed by atoms with Gasteiger partial charge in [0.25, 0.3) is 5.91 Å². The predicted octanol–water partition coefficient (Wildman–Crippen LogP) is 4.54. The van der Waals surface area contributed by atoms with E-state index in [2.05, 4.69) is 16.0 Å². The lowest BCUT2D eigenvalue weighted by Crippen LogP contribution is -2.27. The summed E-state index contributed by atoms with van der Waals surface area (Å²) in [7, 11) is 0. The van der Waals surface area contributed by atoms with Crippen molar-refractivity contribution in [3.63, 3.8) is 0 Å². The van der Waals surface area contributed by atoms with Crippen LogP contribution in [0.15, 0.2) is 78.9 Å². The van der Waals surface area contributed by atoms with Crippen molar-refractivity contribution in [1.82, 2.24) is 4.90 Å². The Hall–Kier alpha value is -4.13. The van der Waals surface area contributed by atoms with E-state index in [1.54, 1.807) is 36.4 Å². The Bertz CT molecular complexity index is 1160. The first kappa shape index (κ1) is 24.0. The van der Waals surface area contributed by atoms with Gasteiger partial charge in [0, 0.05) is 42.1 Å². The largest absolute Gasteiger partial charge is 0.376 e. The molecular weight excluding hydrogens is 440 g/mol. The van der Waals surface area contributed by atoms with Gasteiger partial charge in [0.15, 0.2) is 0 Å². The van der Waals surface area contributed by atoms with Crippen LogP contribution in [-0.4, -0.2) is 42.3 Å². The van der Waals surface area contributed by atoms with E-state index in [4.69, 9.17) is 0 Å². The molecule has 3 amide bonds. The van der Waals surface area contributed by atoms with E-state index < -0.39 is 0 Å². The van der Waals surface area contributed by atoms with Crippen molar-refractivity contribution in [3.05, 3.63) is 90.0 Å². The normalized spacial score (nSPS) is 12.7. The molecule has 1 saturated heterocycles. The maximum absolute atomic E-state index is 12.6. The molecule has 0 aliphatic carbocycles. The zero-order chi connectivity index (χ0) is 24.5. The molecule has 180 valence electrons. The molecule has 35 heavy (non-hydrogen) atoms. The highest BCUT2D eigenvalue weighted by molar-refractivity contribution is 5.96. The lowest BCUT2D eigenvalue weighted by atomic mass is 10.1. The second-order valence-corrected chi connectivity index (χ2v) is 8.59. The number of aryl methyl sites for hydroxylation is 1. The maximum Gasteiger partial charge on any atom is 0.253 e. The van der Waals surface area contributed by atoms with E-state index >= 15 is 0 Å². The minimum atomic E-state index is -0.207. The summed E-state index contributed by atoms with van der Waals surface area (Å²) in [6, 6.07) is 24.1. The Morgan fingerprint density at radius 1 is 0.714 bits per heavy atom. The van der Waals surface area contributed by atoms with Crippen LogP contribution in [0.2, 0.25) is 0 Å². The van der Waals surface area contributed by atoms with Crippen LogP contribution in [0.5, 0.6) is 0 Å². The molecule has 3 N–H and O–H groups in total. The van der Waals surface area contributed by atoms with E-state index in [0.29, 0.717) is 29.8 Å². The van der Waals surface area contributed by atoms with Gasteiger partial charge in [-0.15, -0.1) is 0 Å². The van der Waals surface area contributed by atoms with Gasteiger partial charge in [-0.05, 0) is 67.3 Å². The zero-order valence-corrected chi connectivity index (χ0v) is 19.6. The standard InChI is InChI=1S/C28H30N4O3/c33-26(16-11-21-7-2-1-3-8-21)30-23-12-14-24(15-13-23)31-27(34)20-29-25-10-6-9-22(19-25)28(35)32-17-4-5-18-32/h1-3,6-10,12-15,19,29H,4-5,11,16-18,20H2,(H,30,33)(H,31,34). The maximum atomic E-state index is 12.6.